The largest absolute Gasteiger partial charge is 0.489 e. The maximum atomic E-state index is 10.7. The summed E-state index contributed by atoms with van der Waals surface area (Å²) >= 11 is 0. The van der Waals surface area contributed by atoms with Gasteiger partial charge < -0.3 is 25.4 Å². The quantitative estimate of drug-likeness (QED) is 0.433. The molecule has 0 saturated carbocycles. The van der Waals surface area contributed by atoms with Gasteiger partial charge in [0, 0.05) is 5.71 Å². The number of hydrogen-bond acceptors (Lipinski definition) is 5. The predicted molar refractivity (Wildman–Crippen MR) is 115 cm³/mol. The minimum absolute atomic E-state index is 0.0602. The highest BCUT2D eigenvalue weighted by atomic mass is 16.5. The lowest BCUT2D eigenvalue weighted by molar-refractivity contribution is -0.135. The molecule has 6 nitrogen and oxygen atoms in total. The molecule has 3 aromatic rings. The molecule has 0 radical (unpaired) electrons. The van der Waals surface area contributed by atoms with Crippen LogP contribution in [0.1, 0.15) is 23.1 Å². The topological polar surface area (TPSA) is 103 Å². The second-order valence-electron chi connectivity index (χ2n) is 6.64. The highest BCUT2D eigenvalue weighted by molar-refractivity contribution is 6.07. The molecule has 0 aliphatic carbocycles. The van der Waals surface area contributed by atoms with Crippen molar-refractivity contribution in [3.8, 4) is 11.5 Å². The van der Waals surface area contributed by atoms with Gasteiger partial charge in [-0.05, 0) is 53.1 Å². The van der Waals surface area contributed by atoms with Gasteiger partial charge in [0.15, 0.2) is 0 Å². The Bertz CT molecular complexity index is 1010. The first kappa shape index (κ1) is 20.8. The third-order valence-corrected chi connectivity index (χ3v) is 4.37. The van der Waals surface area contributed by atoms with Gasteiger partial charge in [-0.3, -0.25) is 4.79 Å². The van der Waals surface area contributed by atoms with Crippen LogP contribution in [0.2, 0.25) is 0 Å². The number of ether oxygens (including phenoxy) is 2. The lowest BCUT2D eigenvalue weighted by Crippen LogP contribution is -2.11. The van der Waals surface area contributed by atoms with Crippen molar-refractivity contribution in [2.75, 3.05) is 6.61 Å². The fraction of sp³-hybridized carbons (Fsp3) is 0.125. The van der Waals surface area contributed by atoms with Crippen LogP contribution in [0.4, 0.5) is 0 Å². The van der Waals surface area contributed by atoms with Crippen LogP contribution < -0.4 is 9.47 Å². The molecule has 152 valence electrons. The molecule has 0 heterocycles. The van der Waals surface area contributed by atoms with Crippen LogP contribution in [0.25, 0.3) is 0 Å². The first-order chi connectivity index (χ1) is 14.5. The Balaban J connectivity index is 1.48. The fourth-order valence-corrected chi connectivity index (χ4v) is 2.73. The predicted octanol–water partition coefficient (Wildman–Crippen LogP) is 4.56. The number of carboxylic acids is 1. The fourth-order valence-electron chi connectivity index (χ4n) is 2.73. The van der Waals surface area contributed by atoms with Gasteiger partial charge in [-0.25, -0.2) is 0 Å². The van der Waals surface area contributed by atoms with Gasteiger partial charge in [0.25, 0.3) is 0 Å². The molecule has 0 spiro atoms. The van der Waals surface area contributed by atoms with Crippen LogP contribution in [-0.2, 0) is 11.4 Å². The summed E-state index contributed by atoms with van der Waals surface area (Å²) in [7, 11) is 0. The van der Waals surface area contributed by atoms with E-state index in [1.807, 2.05) is 54.6 Å². The molecule has 3 rings (SSSR count). The number of benzene rings is 3. The summed E-state index contributed by atoms with van der Waals surface area (Å²) in [6, 6.07) is 23.8. The van der Waals surface area contributed by atoms with Gasteiger partial charge in [-0.15, -0.1) is 0 Å². The maximum absolute atomic E-state index is 10.7. The van der Waals surface area contributed by atoms with Crippen LogP contribution in [0.5, 0.6) is 11.5 Å². The third-order valence-electron chi connectivity index (χ3n) is 4.37. The summed E-state index contributed by atoms with van der Waals surface area (Å²) < 4.78 is 11.4. The lowest BCUT2D eigenvalue weighted by Gasteiger charge is -2.10. The summed E-state index contributed by atoms with van der Waals surface area (Å²) in [5, 5.41) is 24.6. The third kappa shape index (κ3) is 6.04. The van der Waals surface area contributed by atoms with Crippen molar-refractivity contribution in [2.24, 2.45) is 0 Å². The second kappa shape index (κ2) is 10.0. The summed E-state index contributed by atoms with van der Waals surface area (Å²) in [5.74, 6) is 0.295. The minimum atomic E-state index is -1.02. The van der Waals surface area contributed by atoms with Gasteiger partial charge in [0.05, 0.1) is 12.1 Å². The van der Waals surface area contributed by atoms with E-state index in [-0.39, 0.29) is 18.7 Å². The van der Waals surface area contributed by atoms with Crippen molar-refractivity contribution in [3.05, 3.63) is 95.6 Å². The van der Waals surface area contributed by atoms with Crippen LogP contribution in [0.15, 0.2) is 78.9 Å². The Morgan fingerprint density at radius 2 is 1.30 bits per heavy atom. The summed E-state index contributed by atoms with van der Waals surface area (Å²) in [4.78, 5) is 10.7. The summed E-state index contributed by atoms with van der Waals surface area (Å²) in [6.07, 6.45) is -0.306. The van der Waals surface area contributed by atoms with Crippen molar-refractivity contribution in [1.82, 2.24) is 0 Å². The van der Waals surface area contributed by atoms with Crippen LogP contribution in [0.3, 0.4) is 0 Å². The molecule has 6 heteroatoms. The molecule has 3 N–H and O–H groups in total. The van der Waals surface area contributed by atoms with E-state index >= 15 is 0 Å². The number of carboxylic acid groups (broad SMARTS) is 1. The number of nitrogens with one attached hydrogen (secondary N) is 2. The van der Waals surface area contributed by atoms with Crippen molar-refractivity contribution < 1.29 is 19.4 Å². The van der Waals surface area contributed by atoms with Crippen LogP contribution in [0, 0.1) is 10.8 Å². The van der Waals surface area contributed by atoms with E-state index in [2.05, 4.69) is 0 Å². The number of aliphatic carboxylic acids is 1. The molecule has 0 atom stereocenters. The molecule has 0 unspecified atom stereocenters. The molecule has 0 aliphatic rings. The van der Waals surface area contributed by atoms with E-state index < -0.39 is 5.97 Å². The van der Waals surface area contributed by atoms with Crippen LogP contribution >= 0.6 is 0 Å². The summed E-state index contributed by atoms with van der Waals surface area (Å²) in [5.41, 5.74) is 2.84. The number of rotatable bonds is 10. The Morgan fingerprint density at radius 3 is 1.93 bits per heavy atom. The molecule has 0 fully saturated rings. The van der Waals surface area contributed by atoms with Crippen molar-refractivity contribution in [2.45, 2.75) is 13.0 Å². The van der Waals surface area contributed by atoms with E-state index in [9.17, 15) is 4.79 Å². The first-order valence-corrected chi connectivity index (χ1v) is 9.38. The monoisotopic (exact) mass is 402 g/mol. The summed E-state index contributed by atoms with van der Waals surface area (Å²) in [6.45, 7) is 0.565. The van der Waals surface area contributed by atoms with E-state index in [0.29, 0.717) is 29.4 Å². The smallest absolute Gasteiger partial charge is 0.309 e. The molecule has 0 aliphatic heterocycles. The van der Waals surface area contributed by atoms with Crippen molar-refractivity contribution in [1.29, 1.82) is 10.8 Å². The normalized spacial score (nSPS) is 10.3. The molecular weight excluding hydrogens is 380 g/mol. The number of hydrogen-bond donors (Lipinski definition) is 3. The van der Waals surface area contributed by atoms with E-state index in [1.165, 1.54) is 0 Å². The van der Waals surface area contributed by atoms with Gasteiger partial charge in [-0.2, -0.15) is 0 Å². The highest BCUT2D eigenvalue weighted by Crippen LogP contribution is 2.17. The van der Waals surface area contributed by atoms with Crippen LogP contribution in [-0.4, -0.2) is 29.1 Å². The Hall–Kier alpha value is -3.93. The standard InChI is InChI=1S/C24H22N2O4/c25-22(14-24(27)28)19-8-12-21(13-9-19)29-15-17-6-10-20(11-7-17)30-16-23(26)18-4-2-1-3-5-18/h1-13,25-26H,14-16H2,(H,27,28). The zero-order valence-electron chi connectivity index (χ0n) is 16.3. The zero-order valence-corrected chi connectivity index (χ0v) is 16.3. The number of carbonyl (C=O) groups is 1. The van der Waals surface area contributed by atoms with Crippen molar-refractivity contribution >= 4 is 17.4 Å². The van der Waals surface area contributed by atoms with Gasteiger partial charge in [-0.1, -0.05) is 42.5 Å². The van der Waals surface area contributed by atoms with E-state index in [0.717, 1.165) is 11.1 Å². The Kier molecular flexibility index (Phi) is 6.95. The van der Waals surface area contributed by atoms with Gasteiger partial charge in [0.1, 0.15) is 24.7 Å². The molecule has 0 bridgehead atoms. The second-order valence-corrected chi connectivity index (χ2v) is 6.64. The Morgan fingerprint density at radius 1 is 0.733 bits per heavy atom. The van der Waals surface area contributed by atoms with E-state index in [4.69, 9.17) is 25.4 Å². The molecule has 0 saturated heterocycles. The SMILES string of the molecule is N=C(COc1ccc(COc2ccc(C(=N)CC(=O)O)cc2)cc1)c1ccccc1. The molecule has 30 heavy (non-hydrogen) atoms. The van der Waals surface area contributed by atoms with Gasteiger partial charge in [0.2, 0.25) is 0 Å². The average molecular weight is 402 g/mol. The molecular formula is C24H22N2O4. The zero-order chi connectivity index (χ0) is 21.3. The Labute approximate surface area is 174 Å². The molecule has 0 amide bonds. The highest BCUT2D eigenvalue weighted by Gasteiger charge is 2.07. The van der Waals surface area contributed by atoms with Gasteiger partial charge >= 0.3 is 5.97 Å². The maximum Gasteiger partial charge on any atom is 0.309 e. The lowest BCUT2D eigenvalue weighted by atomic mass is 10.1. The van der Waals surface area contributed by atoms with Crippen molar-refractivity contribution in [3.63, 3.8) is 0 Å². The molecule has 0 aromatic heterocycles. The minimum Gasteiger partial charge on any atom is -0.489 e. The average Bonchev–Trinajstić information content (AvgIpc) is 2.77. The molecule has 3 aromatic carbocycles. The van der Waals surface area contributed by atoms with E-state index in [1.54, 1.807) is 24.3 Å². The first-order valence-electron chi connectivity index (χ1n) is 9.38.